The van der Waals surface area contributed by atoms with Gasteiger partial charge in [0.15, 0.2) is 0 Å². The fraction of sp³-hybridized carbons (Fsp3) is 0.300. The van der Waals surface area contributed by atoms with Crippen molar-refractivity contribution in [1.29, 1.82) is 0 Å². The third-order valence-electron chi connectivity index (χ3n) is 2.34. The molecule has 0 aromatic heterocycles. The Morgan fingerprint density at radius 1 is 1.57 bits per heavy atom. The third kappa shape index (κ3) is 1.24. The van der Waals surface area contributed by atoms with Crippen LogP contribution in [0.15, 0.2) is 12.1 Å². The van der Waals surface area contributed by atoms with Crippen LogP contribution in [0.4, 0.5) is 0 Å². The average Bonchev–Trinajstić information content (AvgIpc) is 2.15. The summed E-state index contributed by atoms with van der Waals surface area (Å²) < 4.78 is 11.3. The average molecular weight is 254 g/mol. The first-order valence-corrected chi connectivity index (χ1v) is 5.53. The first-order valence-electron chi connectivity index (χ1n) is 4.32. The Labute approximate surface area is 90.9 Å². The maximum absolute atomic E-state index is 11.3. The minimum atomic E-state index is -0.333. The predicted molar refractivity (Wildman–Crippen MR) is 55.0 cm³/mol. The van der Waals surface area contributed by atoms with Gasteiger partial charge in [-0.3, -0.25) is 0 Å². The van der Waals surface area contributed by atoms with E-state index in [-0.39, 0.29) is 12.1 Å². The number of carbonyl (C=O) groups is 1. The molecule has 0 saturated carbocycles. The molecule has 1 aliphatic heterocycles. The number of ether oxygens (including phenoxy) is 2. The van der Waals surface area contributed by atoms with Crippen molar-refractivity contribution in [1.82, 2.24) is 0 Å². The molecule has 0 bridgehead atoms. The molecule has 0 fully saturated rings. The van der Waals surface area contributed by atoms with Gasteiger partial charge in [-0.1, -0.05) is 0 Å². The van der Waals surface area contributed by atoms with Gasteiger partial charge < -0.3 is 0 Å². The van der Waals surface area contributed by atoms with Crippen LogP contribution < -0.4 is 9.09 Å². The maximum atomic E-state index is 11.3. The number of esters is 1. The van der Waals surface area contributed by atoms with Gasteiger partial charge in [0.05, 0.1) is 0 Å². The van der Waals surface area contributed by atoms with Crippen LogP contribution in [-0.2, 0) is 4.74 Å². The first-order chi connectivity index (χ1) is 6.65. The molecule has 74 valence electrons. The van der Waals surface area contributed by atoms with E-state index in [1.54, 1.807) is 22.9 Å². The van der Waals surface area contributed by atoms with Crippen molar-refractivity contribution in [2.75, 3.05) is 7.11 Å². The summed E-state index contributed by atoms with van der Waals surface area (Å²) >= 11 is 1.55. The van der Waals surface area contributed by atoms with E-state index in [0.717, 1.165) is 5.56 Å². The van der Waals surface area contributed by atoms with Gasteiger partial charge in [0, 0.05) is 0 Å². The Morgan fingerprint density at radius 3 is 2.86 bits per heavy atom. The molecule has 2 unspecified atom stereocenters. The van der Waals surface area contributed by atoms with Crippen LogP contribution in [0.2, 0.25) is 0 Å². The normalized spacial score (nSPS) is 17.8. The first kappa shape index (κ1) is 9.60. The second-order valence-corrected chi connectivity index (χ2v) is 4.50. The van der Waals surface area contributed by atoms with Gasteiger partial charge in [-0.2, -0.15) is 0 Å². The second-order valence-electron chi connectivity index (χ2n) is 3.20. The molecular formula is C10H11AsO3. The van der Waals surface area contributed by atoms with Gasteiger partial charge in [0.25, 0.3) is 0 Å². The predicted octanol–water partition coefficient (Wildman–Crippen LogP) is 0.185. The van der Waals surface area contributed by atoms with Gasteiger partial charge in [-0.15, -0.1) is 0 Å². The zero-order valence-corrected chi connectivity index (χ0v) is 10.5. The number of carbonyl (C=O) groups excluding carboxylic acids is 1. The van der Waals surface area contributed by atoms with E-state index < -0.39 is 0 Å². The molecule has 2 atom stereocenters. The van der Waals surface area contributed by atoms with Crippen molar-refractivity contribution in [3.63, 3.8) is 0 Å². The molecule has 1 aliphatic rings. The quantitative estimate of drug-likeness (QED) is 0.530. The fourth-order valence-electron chi connectivity index (χ4n) is 1.61. The number of methoxy groups -OCH3 is 1. The van der Waals surface area contributed by atoms with E-state index >= 15 is 0 Å². The standard InChI is InChI=1S/C10H11AsO3/c1-5-8-7(11)4-3-6(9(8)14-5)10(12)13-2/h3-5H,11H2,1-2H3. The van der Waals surface area contributed by atoms with Crippen LogP contribution in [0.5, 0.6) is 5.75 Å². The van der Waals surface area contributed by atoms with Crippen LogP contribution in [0, 0.1) is 0 Å². The minimum absolute atomic E-state index is 0.108. The van der Waals surface area contributed by atoms with Crippen LogP contribution >= 0.6 is 0 Å². The molecule has 0 N–H and O–H groups in total. The summed E-state index contributed by atoms with van der Waals surface area (Å²) in [4.78, 5) is 11.3. The van der Waals surface area contributed by atoms with Crippen LogP contribution in [0.25, 0.3) is 0 Å². The Balaban J connectivity index is 2.51. The monoisotopic (exact) mass is 254 g/mol. The van der Waals surface area contributed by atoms with Gasteiger partial charge in [-0.25, -0.2) is 0 Å². The van der Waals surface area contributed by atoms with Crippen molar-refractivity contribution < 1.29 is 14.3 Å². The summed E-state index contributed by atoms with van der Waals surface area (Å²) in [6.07, 6.45) is 0.108. The molecule has 4 heteroatoms. The number of hydrogen-bond donors (Lipinski definition) is 0. The van der Waals surface area contributed by atoms with Gasteiger partial charge in [-0.05, 0) is 0 Å². The summed E-state index contributed by atoms with van der Waals surface area (Å²) in [6, 6.07) is 3.71. The van der Waals surface area contributed by atoms with Crippen molar-refractivity contribution in [2.45, 2.75) is 13.0 Å². The van der Waals surface area contributed by atoms with Crippen molar-refractivity contribution >= 4 is 27.2 Å². The van der Waals surface area contributed by atoms with E-state index in [9.17, 15) is 4.79 Å². The van der Waals surface area contributed by atoms with Crippen molar-refractivity contribution in [3.05, 3.63) is 23.3 Å². The molecule has 0 radical (unpaired) electrons. The Morgan fingerprint density at radius 2 is 2.29 bits per heavy atom. The Kier molecular flexibility index (Phi) is 2.28. The number of benzene rings is 1. The van der Waals surface area contributed by atoms with Crippen molar-refractivity contribution in [3.8, 4) is 5.75 Å². The summed E-state index contributed by atoms with van der Waals surface area (Å²) in [5.74, 6) is 0.367. The number of hydrogen-bond acceptors (Lipinski definition) is 3. The molecule has 0 amide bonds. The summed E-state index contributed by atoms with van der Waals surface area (Å²) in [6.45, 7) is 1.98. The zero-order valence-electron chi connectivity index (χ0n) is 8.03. The van der Waals surface area contributed by atoms with Crippen LogP contribution in [0.3, 0.4) is 0 Å². The molecule has 1 heterocycles. The SMILES string of the molecule is COC(=O)c1ccc([AsH2])c2c1OC2C. The zero-order chi connectivity index (χ0) is 10.3. The number of rotatable bonds is 1. The molecule has 1 aromatic rings. The molecule has 2 rings (SSSR count). The molecular weight excluding hydrogens is 243 g/mol. The van der Waals surface area contributed by atoms with Gasteiger partial charge in [0.2, 0.25) is 0 Å². The molecule has 3 nitrogen and oxygen atoms in total. The van der Waals surface area contributed by atoms with E-state index in [2.05, 4.69) is 4.74 Å². The van der Waals surface area contributed by atoms with E-state index in [0.29, 0.717) is 11.3 Å². The molecule has 0 spiro atoms. The van der Waals surface area contributed by atoms with E-state index in [4.69, 9.17) is 4.74 Å². The molecule has 0 aliphatic carbocycles. The van der Waals surface area contributed by atoms with E-state index in [1.807, 2.05) is 13.0 Å². The second kappa shape index (κ2) is 3.32. The molecule has 14 heavy (non-hydrogen) atoms. The van der Waals surface area contributed by atoms with E-state index in [1.165, 1.54) is 11.5 Å². The summed E-state index contributed by atoms with van der Waals surface area (Å²) in [5.41, 5.74) is 1.68. The molecule has 0 saturated heterocycles. The fourth-order valence-corrected chi connectivity index (χ4v) is 2.58. The Hall–Kier alpha value is -0.952. The van der Waals surface area contributed by atoms with Crippen molar-refractivity contribution in [2.24, 2.45) is 0 Å². The van der Waals surface area contributed by atoms with Crippen LogP contribution in [0.1, 0.15) is 28.9 Å². The third-order valence-corrected chi connectivity index (χ3v) is 3.39. The van der Waals surface area contributed by atoms with Gasteiger partial charge >= 0.3 is 90.6 Å². The topological polar surface area (TPSA) is 35.5 Å². The van der Waals surface area contributed by atoms with Gasteiger partial charge in [0.1, 0.15) is 0 Å². The molecule has 1 aromatic carbocycles. The Bertz CT molecular complexity index is 401. The number of fused-ring (bicyclic) bond motifs is 1. The summed E-state index contributed by atoms with van der Waals surface area (Å²) in [5, 5.41) is 0. The van der Waals surface area contributed by atoms with Crippen LogP contribution in [-0.4, -0.2) is 29.9 Å². The summed E-state index contributed by atoms with van der Waals surface area (Å²) in [7, 11) is 1.38.